The second-order valence-corrected chi connectivity index (χ2v) is 6.81. The minimum absolute atomic E-state index is 0.00277. The molecule has 1 saturated heterocycles. The topological polar surface area (TPSA) is 44.4 Å². The Morgan fingerprint density at radius 3 is 2.48 bits per heavy atom. The molecule has 2 aliphatic rings. The van der Waals surface area contributed by atoms with Crippen LogP contribution in [-0.2, 0) is 4.79 Å². The number of hydrogen-bond donors (Lipinski definition) is 2. The Morgan fingerprint density at radius 2 is 1.81 bits per heavy atom. The van der Waals surface area contributed by atoms with Gasteiger partial charge in [0.25, 0.3) is 0 Å². The zero-order chi connectivity index (χ0) is 15.2. The van der Waals surface area contributed by atoms with Crippen LogP contribution in [0, 0.1) is 0 Å². The van der Waals surface area contributed by atoms with E-state index in [-0.39, 0.29) is 11.9 Å². The minimum atomic E-state index is -0.00277. The second-order valence-electron chi connectivity index (χ2n) is 6.81. The molecule has 1 aliphatic carbocycles. The quantitative estimate of drug-likeness (QED) is 0.790. The summed E-state index contributed by atoms with van der Waals surface area (Å²) in [7, 11) is 0. The average molecular weight is 295 g/mol. The molecular weight excluding hydrogens is 262 g/mol. The predicted molar refractivity (Wildman–Crippen MR) is 87.3 cm³/mol. The number of likely N-dealkylation sites (N-methyl/N-ethyl adjacent to an activating group) is 1. The Balaban J connectivity index is 1.93. The number of carbonyl (C=O) groups excluding carboxylic acids is 1. The maximum Gasteiger partial charge on any atom is 0.237 e. The number of hydrogen-bond acceptors (Lipinski definition) is 3. The van der Waals surface area contributed by atoms with E-state index in [1.54, 1.807) is 0 Å². The highest BCUT2D eigenvalue weighted by atomic mass is 16.2. The van der Waals surface area contributed by atoms with Crippen LogP contribution < -0.4 is 10.6 Å². The van der Waals surface area contributed by atoms with E-state index in [0.717, 1.165) is 25.9 Å². The highest BCUT2D eigenvalue weighted by Gasteiger charge is 2.33. The summed E-state index contributed by atoms with van der Waals surface area (Å²) in [5.74, 6) is 0.234. The van der Waals surface area contributed by atoms with Gasteiger partial charge in [0.05, 0.1) is 6.04 Å². The molecule has 2 rings (SSSR count). The number of piperidine rings is 1. The smallest absolute Gasteiger partial charge is 0.237 e. The minimum Gasteiger partial charge on any atom is -0.352 e. The SMILES string of the molecule is CCNC(C)C1CCCCN1C(C)C(=O)NC1CCCC1. The summed E-state index contributed by atoms with van der Waals surface area (Å²) in [6.45, 7) is 8.54. The standard InChI is InChI=1S/C17H33N3O/c1-4-18-13(2)16-11-7-8-12-20(16)14(3)17(21)19-15-9-5-6-10-15/h13-16,18H,4-12H2,1-3H3,(H,19,21). The zero-order valence-corrected chi connectivity index (χ0v) is 14.0. The van der Waals surface area contributed by atoms with Crippen LogP contribution in [0.3, 0.4) is 0 Å². The van der Waals surface area contributed by atoms with Crippen molar-refractivity contribution in [1.82, 2.24) is 15.5 Å². The van der Waals surface area contributed by atoms with Gasteiger partial charge in [-0.25, -0.2) is 0 Å². The third-order valence-corrected chi connectivity index (χ3v) is 5.27. The van der Waals surface area contributed by atoms with Crippen LogP contribution in [0.2, 0.25) is 0 Å². The Kier molecular flexibility index (Phi) is 6.49. The molecule has 21 heavy (non-hydrogen) atoms. The summed E-state index contributed by atoms with van der Waals surface area (Å²) >= 11 is 0. The summed E-state index contributed by atoms with van der Waals surface area (Å²) in [6.07, 6.45) is 8.57. The van der Waals surface area contributed by atoms with Crippen LogP contribution in [0.4, 0.5) is 0 Å². The van der Waals surface area contributed by atoms with Crippen molar-refractivity contribution in [2.75, 3.05) is 13.1 Å². The van der Waals surface area contributed by atoms with Crippen molar-refractivity contribution in [1.29, 1.82) is 0 Å². The molecule has 1 amide bonds. The molecule has 0 aromatic heterocycles. The largest absolute Gasteiger partial charge is 0.352 e. The molecule has 2 N–H and O–H groups in total. The van der Waals surface area contributed by atoms with Gasteiger partial charge >= 0.3 is 0 Å². The molecule has 0 bridgehead atoms. The molecule has 1 aliphatic heterocycles. The fourth-order valence-electron chi connectivity index (χ4n) is 4.00. The Bertz CT molecular complexity index is 328. The van der Waals surface area contributed by atoms with Gasteiger partial charge < -0.3 is 10.6 Å². The van der Waals surface area contributed by atoms with Crippen molar-refractivity contribution in [3.05, 3.63) is 0 Å². The summed E-state index contributed by atoms with van der Waals surface area (Å²) in [5, 5.41) is 6.81. The molecule has 3 atom stereocenters. The number of carbonyl (C=O) groups is 1. The molecular formula is C17H33N3O. The lowest BCUT2D eigenvalue weighted by molar-refractivity contribution is -0.128. The van der Waals surface area contributed by atoms with E-state index in [9.17, 15) is 4.79 Å². The van der Waals surface area contributed by atoms with E-state index in [0.29, 0.717) is 18.1 Å². The van der Waals surface area contributed by atoms with E-state index in [1.807, 2.05) is 0 Å². The van der Waals surface area contributed by atoms with Crippen LogP contribution in [-0.4, -0.2) is 48.1 Å². The first-order valence-electron chi connectivity index (χ1n) is 8.93. The first-order chi connectivity index (χ1) is 10.1. The van der Waals surface area contributed by atoms with Crippen molar-refractivity contribution >= 4 is 5.91 Å². The van der Waals surface area contributed by atoms with Crippen molar-refractivity contribution < 1.29 is 4.79 Å². The third-order valence-electron chi connectivity index (χ3n) is 5.27. The van der Waals surface area contributed by atoms with Crippen LogP contribution in [0.1, 0.15) is 65.7 Å². The lowest BCUT2D eigenvalue weighted by atomic mass is 9.94. The van der Waals surface area contributed by atoms with Crippen LogP contribution >= 0.6 is 0 Å². The first kappa shape index (κ1) is 16.8. The Labute approximate surface area is 130 Å². The predicted octanol–water partition coefficient (Wildman–Crippen LogP) is 2.29. The number of rotatable bonds is 6. The molecule has 0 spiro atoms. The van der Waals surface area contributed by atoms with Gasteiger partial charge in [0, 0.05) is 18.1 Å². The first-order valence-corrected chi connectivity index (χ1v) is 8.93. The number of amides is 1. The van der Waals surface area contributed by atoms with Gasteiger partial charge in [0.1, 0.15) is 0 Å². The van der Waals surface area contributed by atoms with Gasteiger partial charge in [-0.1, -0.05) is 26.2 Å². The van der Waals surface area contributed by atoms with Gasteiger partial charge in [0.2, 0.25) is 5.91 Å². The molecule has 1 heterocycles. The summed E-state index contributed by atoms with van der Waals surface area (Å²) in [5.41, 5.74) is 0. The van der Waals surface area contributed by atoms with E-state index >= 15 is 0 Å². The summed E-state index contributed by atoms with van der Waals surface area (Å²) in [6, 6.07) is 1.37. The maximum absolute atomic E-state index is 12.6. The van der Waals surface area contributed by atoms with Gasteiger partial charge in [-0.3, -0.25) is 9.69 Å². The van der Waals surface area contributed by atoms with E-state index in [2.05, 4.69) is 36.3 Å². The van der Waals surface area contributed by atoms with Crippen molar-refractivity contribution in [2.45, 2.75) is 89.9 Å². The number of nitrogens with one attached hydrogen (secondary N) is 2. The van der Waals surface area contributed by atoms with Crippen molar-refractivity contribution in [2.24, 2.45) is 0 Å². The molecule has 1 saturated carbocycles. The average Bonchev–Trinajstić information content (AvgIpc) is 2.99. The van der Waals surface area contributed by atoms with Crippen LogP contribution in [0.25, 0.3) is 0 Å². The Hall–Kier alpha value is -0.610. The molecule has 4 nitrogen and oxygen atoms in total. The Morgan fingerprint density at radius 1 is 1.14 bits per heavy atom. The van der Waals surface area contributed by atoms with E-state index in [4.69, 9.17) is 0 Å². The number of likely N-dealkylation sites (tertiary alicyclic amines) is 1. The highest BCUT2D eigenvalue weighted by molar-refractivity contribution is 5.81. The van der Waals surface area contributed by atoms with Gasteiger partial charge in [0.15, 0.2) is 0 Å². The van der Waals surface area contributed by atoms with Gasteiger partial charge in [-0.15, -0.1) is 0 Å². The molecule has 2 fully saturated rings. The summed E-state index contributed by atoms with van der Waals surface area (Å²) in [4.78, 5) is 15.0. The maximum atomic E-state index is 12.6. The second kappa shape index (κ2) is 8.14. The fraction of sp³-hybridized carbons (Fsp3) is 0.941. The molecule has 0 radical (unpaired) electrons. The van der Waals surface area contributed by atoms with Gasteiger partial charge in [-0.2, -0.15) is 0 Å². The lowest BCUT2D eigenvalue weighted by Gasteiger charge is -2.42. The normalized spacial score (nSPS) is 27.5. The van der Waals surface area contributed by atoms with Gasteiger partial charge in [-0.05, 0) is 52.6 Å². The molecule has 3 unspecified atom stereocenters. The number of nitrogens with zero attached hydrogens (tertiary/aromatic N) is 1. The van der Waals surface area contributed by atoms with E-state index < -0.39 is 0 Å². The van der Waals surface area contributed by atoms with Crippen molar-refractivity contribution in [3.63, 3.8) is 0 Å². The fourth-order valence-corrected chi connectivity index (χ4v) is 4.00. The van der Waals surface area contributed by atoms with Crippen LogP contribution in [0.15, 0.2) is 0 Å². The van der Waals surface area contributed by atoms with Crippen molar-refractivity contribution in [3.8, 4) is 0 Å². The summed E-state index contributed by atoms with van der Waals surface area (Å²) < 4.78 is 0. The molecule has 122 valence electrons. The lowest BCUT2D eigenvalue weighted by Crippen LogP contribution is -2.58. The molecule has 4 heteroatoms. The monoisotopic (exact) mass is 295 g/mol. The molecule has 0 aromatic rings. The van der Waals surface area contributed by atoms with Crippen LogP contribution in [0.5, 0.6) is 0 Å². The highest BCUT2D eigenvalue weighted by Crippen LogP contribution is 2.23. The molecule has 0 aromatic carbocycles. The third kappa shape index (κ3) is 4.43. The van der Waals surface area contributed by atoms with E-state index in [1.165, 1.54) is 32.1 Å². The zero-order valence-electron chi connectivity index (χ0n) is 14.0.